The molecule has 1 saturated heterocycles. The fourth-order valence-corrected chi connectivity index (χ4v) is 4.91. The van der Waals surface area contributed by atoms with Crippen LogP contribution in [-0.2, 0) is 36.8 Å². The molecule has 4 unspecified atom stereocenters. The minimum atomic E-state index is -1.72. The van der Waals surface area contributed by atoms with Crippen LogP contribution < -0.4 is 21.3 Å². The number of aromatic hydroxyl groups is 1. The maximum absolute atomic E-state index is 13.7. The van der Waals surface area contributed by atoms with Gasteiger partial charge in [-0.1, -0.05) is 30.3 Å². The van der Waals surface area contributed by atoms with Crippen molar-refractivity contribution in [3.8, 4) is 5.75 Å². The summed E-state index contributed by atoms with van der Waals surface area (Å²) in [5, 5.41) is 39.7. The minimum absolute atomic E-state index is 0.0313. The Morgan fingerprint density at radius 1 is 0.857 bits per heavy atom. The highest BCUT2D eigenvalue weighted by atomic mass is 16.4. The normalized spacial score (nSPS) is 16.7. The lowest BCUT2D eigenvalue weighted by molar-refractivity contribution is -0.147. The Balaban J connectivity index is 1.60. The van der Waals surface area contributed by atoms with Crippen molar-refractivity contribution in [3.63, 3.8) is 0 Å². The summed E-state index contributed by atoms with van der Waals surface area (Å²) in [4.78, 5) is 65.9. The van der Waals surface area contributed by atoms with Crippen LogP contribution in [0.25, 0.3) is 10.9 Å². The molecular formula is C29H33N5O8. The molecule has 3 aromatic rings. The van der Waals surface area contributed by atoms with Gasteiger partial charge < -0.3 is 41.6 Å². The van der Waals surface area contributed by atoms with Crippen molar-refractivity contribution in [1.29, 1.82) is 0 Å². The van der Waals surface area contributed by atoms with Gasteiger partial charge in [0.2, 0.25) is 17.7 Å². The third kappa shape index (κ3) is 7.85. The molecule has 42 heavy (non-hydrogen) atoms. The standard InChI is InChI=1S/C29H33N5O8/c35-18-9-7-16(8-10-18)12-22(32-26(38)21-6-3-11-30-21)27(39)33-23(28(40)34-24(29(41)42)14-25(36)37)13-17-15-31-20-5-2-1-4-19(17)20/h1-2,4-5,7-10,15,21-24,30-31,35H,3,6,11-14H2,(H,32,38)(H,33,39)(H,34,40)(H,36,37)(H,41,42). The molecule has 13 heteroatoms. The number of carbonyl (C=O) groups is 5. The molecule has 222 valence electrons. The highest BCUT2D eigenvalue weighted by Gasteiger charge is 2.32. The van der Waals surface area contributed by atoms with E-state index in [0.717, 1.165) is 17.3 Å². The second-order valence-electron chi connectivity index (χ2n) is 10.2. The smallest absolute Gasteiger partial charge is 0.326 e. The molecule has 0 radical (unpaired) electrons. The van der Waals surface area contributed by atoms with Crippen molar-refractivity contribution >= 4 is 40.6 Å². The fraction of sp³-hybridized carbons (Fsp3) is 0.345. The quantitative estimate of drug-likeness (QED) is 0.141. The van der Waals surface area contributed by atoms with E-state index in [2.05, 4.69) is 26.3 Å². The van der Waals surface area contributed by atoms with E-state index in [1.165, 1.54) is 12.1 Å². The average Bonchev–Trinajstić information content (AvgIpc) is 3.64. The first-order valence-electron chi connectivity index (χ1n) is 13.5. The molecule has 0 aliphatic carbocycles. The number of H-pyrrole nitrogens is 1. The van der Waals surface area contributed by atoms with Crippen LogP contribution in [-0.4, -0.2) is 80.7 Å². The van der Waals surface area contributed by atoms with Crippen LogP contribution in [0.3, 0.4) is 0 Å². The van der Waals surface area contributed by atoms with E-state index < -0.39 is 54.3 Å². The number of carboxylic acids is 2. The molecule has 4 atom stereocenters. The number of amides is 3. The average molecular weight is 580 g/mol. The number of rotatable bonds is 13. The summed E-state index contributed by atoms with van der Waals surface area (Å²) in [6.45, 7) is 0.668. The van der Waals surface area contributed by atoms with Crippen molar-refractivity contribution < 1.29 is 39.3 Å². The summed E-state index contributed by atoms with van der Waals surface area (Å²) in [6, 6.07) is 8.78. The summed E-state index contributed by atoms with van der Waals surface area (Å²) in [7, 11) is 0. The van der Waals surface area contributed by atoms with Gasteiger partial charge in [-0.15, -0.1) is 0 Å². The number of phenolic OH excluding ortho intramolecular Hbond substituents is 1. The monoisotopic (exact) mass is 579 g/mol. The maximum atomic E-state index is 13.7. The second-order valence-corrected chi connectivity index (χ2v) is 10.2. The van der Waals surface area contributed by atoms with E-state index in [1.807, 2.05) is 18.2 Å². The van der Waals surface area contributed by atoms with E-state index in [-0.39, 0.29) is 24.5 Å². The van der Waals surface area contributed by atoms with Crippen LogP contribution in [0.15, 0.2) is 54.7 Å². The van der Waals surface area contributed by atoms with Gasteiger partial charge in [0.25, 0.3) is 0 Å². The number of benzene rings is 2. The predicted octanol–water partition coefficient (Wildman–Crippen LogP) is 0.424. The van der Waals surface area contributed by atoms with Gasteiger partial charge in [-0.2, -0.15) is 0 Å². The van der Waals surface area contributed by atoms with E-state index in [4.69, 9.17) is 5.11 Å². The van der Waals surface area contributed by atoms with Crippen LogP contribution in [0.5, 0.6) is 5.75 Å². The van der Waals surface area contributed by atoms with Crippen molar-refractivity contribution in [2.75, 3.05) is 6.54 Å². The molecule has 1 aromatic heterocycles. The molecule has 13 nitrogen and oxygen atoms in total. The van der Waals surface area contributed by atoms with Gasteiger partial charge in [-0.25, -0.2) is 4.79 Å². The third-order valence-corrected chi connectivity index (χ3v) is 7.11. The first-order valence-corrected chi connectivity index (χ1v) is 13.5. The number of fused-ring (bicyclic) bond motifs is 1. The Morgan fingerprint density at radius 3 is 2.17 bits per heavy atom. The molecule has 0 bridgehead atoms. The van der Waals surface area contributed by atoms with Crippen LogP contribution in [0.2, 0.25) is 0 Å². The van der Waals surface area contributed by atoms with Gasteiger partial charge in [0.05, 0.1) is 12.5 Å². The zero-order valence-electron chi connectivity index (χ0n) is 22.6. The minimum Gasteiger partial charge on any atom is -0.508 e. The van der Waals surface area contributed by atoms with Crippen LogP contribution in [0.1, 0.15) is 30.4 Å². The first-order chi connectivity index (χ1) is 20.1. The van der Waals surface area contributed by atoms with Gasteiger partial charge >= 0.3 is 11.9 Å². The molecule has 4 rings (SSSR count). The van der Waals surface area contributed by atoms with Gasteiger partial charge in [0.15, 0.2) is 0 Å². The summed E-state index contributed by atoms with van der Waals surface area (Å²) in [5.41, 5.74) is 2.08. The summed E-state index contributed by atoms with van der Waals surface area (Å²) >= 11 is 0. The fourth-order valence-electron chi connectivity index (χ4n) is 4.91. The van der Waals surface area contributed by atoms with Crippen LogP contribution >= 0.6 is 0 Å². The van der Waals surface area contributed by atoms with Gasteiger partial charge in [-0.05, 0) is 48.7 Å². The van der Waals surface area contributed by atoms with E-state index in [1.54, 1.807) is 24.4 Å². The lowest BCUT2D eigenvalue weighted by Crippen LogP contribution is -2.58. The number of carbonyl (C=O) groups excluding carboxylic acids is 3. The van der Waals surface area contributed by atoms with Crippen molar-refractivity contribution in [1.82, 2.24) is 26.3 Å². The Bertz CT molecular complexity index is 1450. The number of aromatic amines is 1. The molecule has 8 N–H and O–H groups in total. The molecule has 1 aliphatic rings. The van der Waals surface area contributed by atoms with Gasteiger partial charge in [0, 0.05) is 29.9 Å². The summed E-state index contributed by atoms with van der Waals surface area (Å²) in [5.74, 6) is -4.89. The number of nitrogens with one attached hydrogen (secondary N) is 5. The zero-order chi connectivity index (χ0) is 30.2. The number of phenols is 1. The Hall–Kier alpha value is -4.91. The number of aliphatic carboxylic acids is 2. The van der Waals surface area contributed by atoms with Crippen LogP contribution in [0.4, 0.5) is 0 Å². The molecule has 1 fully saturated rings. The van der Waals surface area contributed by atoms with E-state index in [0.29, 0.717) is 24.1 Å². The van der Waals surface area contributed by atoms with E-state index >= 15 is 0 Å². The maximum Gasteiger partial charge on any atom is 0.326 e. The van der Waals surface area contributed by atoms with E-state index in [9.17, 15) is 34.2 Å². The molecular weight excluding hydrogens is 546 g/mol. The highest BCUT2D eigenvalue weighted by Crippen LogP contribution is 2.20. The number of hydrogen-bond acceptors (Lipinski definition) is 7. The highest BCUT2D eigenvalue weighted by molar-refractivity contribution is 5.95. The number of carboxylic acid groups (broad SMARTS) is 2. The number of para-hydroxylation sites is 1. The summed E-state index contributed by atoms with van der Waals surface area (Å²) in [6.07, 6.45) is 2.22. The molecule has 0 spiro atoms. The predicted molar refractivity (Wildman–Crippen MR) is 151 cm³/mol. The number of hydrogen-bond donors (Lipinski definition) is 8. The number of aromatic nitrogens is 1. The largest absolute Gasteiger partial charge is 0.508 e. The van der Waals surface area contributed by atoms with Crippen LogP contribution in [0, 0.1) is 0 Å². The SMILES string of the molecule is O=C(O)CC(NC(=O)C(Cc1c[nH]c2ccccc12)NC(=O)C(Cc1ccc(O)cc1)NC(=O)C1CCCN1)C(=O)O. The first kappa shape index (κ1) is 30.1. The summed E-state index contributed by atoms with van der Waals surface area (Å²) < 4.78 is 0. The molecule has 1 aliphatic heterocycles. The molecule has 3 amide bonds. The second kappa shape index (κ2) is 13.6. The lowest BCUT2D eigenvalue weighted by Gasteiger charge is -2.25. The molecule has 2 heterocycles. The lowest BCUT2D eigenvalue weighted by atomic mass is 10.0. The topological polar surface area (TPSA) is 210 Å². The Morgan fingerprint density at radius 2 is 1.52 bits per heavy atom. The van der Waals surface area contributed by atoms with Crippen molar-refractivity contribution in [2.24, 2.45) is 0 Å². The van der Waals surface area contributed by atoms with Gasteiger partial charge in [0.1, 0.15) is 23.9 Å². The van der Waals surface area contributed by atoms with Crippen molar-refractivity contribution in [2.45, 2.75) is 56.3 Å². The Kier molecular flexibility index (Phi) is 9.76. The van der Waals surface area contributed by atoms with Crippen molar-refractivity contribution in [3.05, 3.63) is 65.9 Å². The van der Waals surface area contributed by atoms with Gasteiger partial charge in [-0.3, -0.25) is 19.2 Å². The molecule has 0 saturated carbocycles. The Labute approximate surface area is 240 Å². The zero-order valence-corrected chi connectivity index (χ0v) is 22.6. The third-order valence-electron chi connectivity index (χ3n) is 7.11. The molecule has 2 aromatic carbocycles.